The van der Waals surface area contributed by atoms with Crippen LogP contribution in [0.2, 0.25) is 0 Å². The van der Waals surface area contributed by atoms with Gasteiger partial charge in [0.2, 0.25) is 0 Å². The van der Waals surface area contributed by atoms with E-state index in [1.54, 1.807) is 6.07 Å². The average Bonchev–Trinajstić information content (AvgIpc) is 3.08. The molecule has 0 radical (unpaired) electrons. The van der Waals surface area contributed by atoms with Gasteiger partial charge in [0.05, 0.1) is 5.69 Å². The molecule has 2 aromatic carbocycles. The summed E-state index contributed by atoms with van der Waals surface area (Å²) in [6, 6.07) is 9.71. The molecule has 0 bridgehead atoms. The van der Waals surface area contributed by atoms with Crippen LogP contribution in [0.5, 0.6) is 11.5 Å². The zero-order valence-corrected chi connectivity index (χ0v) is 13.5. The molecule has 1 aromatic heterocycles. The average molecular weight is 386 g/mol. The number of alkyl halides is 3. The molecule has 26 heavy (non-hydrogen) atoms. The smallest absolute Gasteiger partial charge is 0.406 e. The van der Waals surface area contributed by atoms with Crippen LogP contribution in [0.3, 0.4) is 0 Å². The molecule has 0 atom stereocenters. The predicted octanol–water partition coefficient (Wildman–Crippen LogP) is 2.33. The molecule has 0 aliphatic heterocycles. The summed E-state index contributed by atoms with van der Waals surface area (Å²) in [4.78, 5) is -0.493. The first-order chi connectivity index (χ1) is 12.2. The van der Waals surface area contributed by atoms with Crippen LogP contribution < -0.4 is 8.92 Å². The first-order valence-electron chi connectivity index (χ1n) is 6.87. The van der Waals surface area contributed by atoms with Crippen LogP contribution in [0.4, 0.5) is 13.2 Å². The highest BCUT2D eigenvalue weighted by molar-refractivity contribution is 7.87. The van der Waals surface area contributed by atoms with E-state index in [9.17, 15) is 21.6 Å². The molecule has 0 unspecified atom stereocenters. The second kappa shape index (κ2) is 6.63. The van der Waals surface area contributed by atoms with Crippen molar-refractivity contribution in [3.8, 4) is 17.2 Å². The molecule has 3 aromatic rings. The normalized spacial score (nSPS) is 12.0. The molecular weight excluding hydrogens is 377 g/mol. The van der Waals surface area contributed by atoms with Crippen LogP contribution in [-0.2, 0) is 10.1 Å². The fourth-order valence-corrected chi connectivity index (χ4v) is 2.92. The van der Waals surface area contributed by atoms with E-state index in [0.29, 0.717) is 11.8 Å². The maximum absolute atomic E-state index is 12.3. The van der Waals surface area contributed by atoms with E-state index < -0.39 is 27.1 Å². The second-order valence-electron chi connectivity index (χ2n) is 4.81. The molecule has 12 heteroatoms. The van der Waals surface area contributed by atoms with Gasteiger partial charge in [-0.15, -0.1) is 18.3 Å². The van der Waals surface area contributed by atoms with Gasteiger partial charge >= 0.3 is 16.5 Å². The van der Waals surface area contributed by atoms with Crippen LogP contribution >= 0.6 is 0 Å². The summed E-state index contributed by atoms with van der Waals surface area (Å²) < 4.78 is 71.4. The first-order valence-corrected chi connectivity index (χ1v) is 8.27. The number of benzene rings is 2. The van der Waals surface area contributed by atoms with Crippen LogP contribution in [0, 0.1) is 0 Å². The van der Waals surface area contributed by atoms with E-state index in [4.69, 9.17) is 4.18 Å². The summed E-state index contributed by atoms with van der Waals surface area (Å²) in [6.45, 7) is 0. The van der Waals surface area contributed by atoms with Gasteiger partial charge in [-0.25, -0.2) is 4.68 Å². The Kier molecular flexibility index (Phi) is 4.50. The third-order valence-corrected chi connectivity index (χ3v) is 4.21. The standard InChI is InChI=1S/C14H9F3N4O4S/c15-14(16,17)24-11-4-2-6-13(8-11)26(22,23)25-12-5-1-3-10(7-12)21-9-18-19-20-21/h1-9H. The molecule has 8 nitrogen and oxygen atoms in total. The van der Waals surface area contributed by atoms with Crippen LogP contribution in [0.25, 0.3) is 5.69 Å². The minimum atomic E-state index is -4.94. The fourth-order valence-electron chi connectivity index (χ4n) is 1.96. The number of hydrogen-bond donors (Lipinski definition) is 0. The number of aromatic nitrogens is 4. The molecule has 0 N–H and O–H groups in total. The van der Waals surface area contributed by atoms with Crippen molar-refractivity contribution >= 4 is 10.1 Å². The van der Waals surface area contributed by atoms with Crippen molar-refractivity contribution < 1.29 is 30.5 Å². The van der Waals surface area contributed by atoms with Gasteiger partial charge < -0.3 is 8.92 Å². The van der Waals surface area contributed by atoms with Crippen molar-refractivity contribution in [2.45, 2.75) is 11.3 Å². The molecule has 0 aliphatic rings. The summed E-state index contributed by atoms with van der Waals surface area (Å²) in [5, 5.41) is 10.6. The zero-order valence-electron chi connectivity index (χ0n) is 12.7. The molecule has 0 aliphatic carbocycles. The van der Waals surface area contributed by atoms with Gasteiger partial charge in [0, 0.05) is 12.1 Å². The Hall–Kier alpha value is -3.15. The summed E-state index contributed by atoms with van der Waals surface area (Å²) in [6.07, 6.45) is -3.64. The number of ether oxygens (including phenoxy) is 1. The minimum Gasteiger partial charge on any atom is -0.406 e. The highest BCUT2D eigenvalue weighted by Crippen LogP contribution is 2.27. The van der Waals surface area contributed by atoms with E-state index in [0.717, 1.165) is 18.2 Å². The topological polar surface area (TPSA) is 96.2 Å². The van der Waals surface area contributed by atoms with Gasteiger partial charge in [-0.2, -0.15) is 8.42 Å². The maximum atomic E-state index is 12.3. The van der Waals surface area contributed by atoms with Crippen LogP contribution in [0.1, 0.15) is 0 Å². The maximum Gasteiger partial charge on any atom is 0.573 e. The predicted molar refractivity (Wildman–Crippen MR) is 80.1 cm³/mol. The molecule has 136 valence electrons. The first kappa shape index (κ1) is 17.7. The lowest BCUT2D eigenvalue weighted by molar-refractivity contribution is -0.274. The van der Waals surface area contributed by atoms with Crippen molar-refractivity contribution in [3.05, 3.63) is 54.9 Å². The minimum absolute atomic E-state index is 0.0693. The van der Waals surface area contributed by atoms with Crippen LogP contribution in [0.15, 0.2) is 59.8 Å². The molecule has 0 spiro atoms. The van der Waals surface area contributed by atoms with Crippen molar-refractivity contribution in [3.63, 3.8) is 0 Å². The third-order valence-electron chi connectivity index (χ3n) is 2.96. The molecule has 0 saturated carbocycles. The van der Waals surface area contributed by atoms with Gasteiger partial charge in [0.25, 0.3) is 0 Å². The SMILES string of the molecule is O=S(=O)(Oc1cccc(-n2cnnn2)c1)c1cccc(OC(F)(F)F)c1. The Balaban J connectivity index is 1.86. The summed E-state index contributed by atoms with van der Waals surface area (Å²) >= 11 is 0. The summed E-state index contributed by atoms with van der Waals surface area (Å²) in [5.74, 6) is -0.746. The van der Waals surface area contributed by atoms with Gasteiger partial charge in [-0.05, 0) is 34.7 Å². The van der Waals surface area contributed by atoms with Crippen molar-refractivity contribution in [1.29, 1.82) is 0 Å². The largest absolute Gasteiger partial charge is 0.573 e. The van der Waals surface area contributed by atoms with Gasteiger partial charge in [0.15, 0.2) is 0 Å². The lowest BCUT2D eigenvalue weighted by atomic mass is 10.3. The van der Waals surface area contributed by atoms with E-state index in [1.165, 1.54) is 29.2 Å². The van der Waals surface area contributed by atoms with E-state index >= 15 is 0 Å². The second-order valence-corrected chi connectivity index (χ2v) is 6.36. The highest BCUT2D eigenvalue weighted by Gasteiger charge is 2.31. The molecule has 0 amide bonds. The molecule has 0 saturated heterocycles. The van der Waals surface area contributed by atoms with Crippen molar-refractivity contribution in [2.24, 2.45) is 0 Å². The summed E-state index contributed by atoms with van der Waals surface area (Å²) in [7, 11) is -4.39. The lowest BCUT2D eigenvalue weighted by Crippen LogP contribution is -2.17. The Morgan fingerprint density at radius 2 is 1.73 bits per heavy atom. The quantitative estimate of drug-likeness (QED) is 0.621. The van der Waals surface area contributed by atoms with E-state index in [2.05, 4.69) is 20.3 Å². The molecular formula is C14H9F3N4O4S. The molecule has 3 rings (SSSR count). The number of nitrogens with zero attached hydrogens (tertiary/aromatic N) is 4. The number of hydrogen-bond acceptors (Lipinski definition) is 7. The number of rotatable bonds is 5. The Labute approximate surface area is 144 Å². The molecule has 1 heterocycles. The Morgan fingerprint density at radius 3 is 2.42 bits per heavy atom. The monoisotopic (exact) mass is 386 g/mol. The van der Waals surface area contributed by atoms with Gasteiger partial charge in [-0.3, -0.25) is 0 Å². The van der Waals surface area contributed by atoms with Gasteiger partial charge in [-0.1, -0.05) is 12.1 Å². The fraction of sp³-hybridized carbons (Fsp3) is 0.0714. The Bertz CT molecular complexity index is 1010. The third kappa shape index (κ3) is 4.27. The molecule has 0 fully saturated rings. The Morgan fingerprint density at radius 1 is 1.00 bits per heavy atom. The summed E-state index contributed by atoms with van der Waals surface area (Å²) in [5.41, 5.74) is 0.428. The number of tetrazole rings is 1. The lowest BCUT2D eigenvalue weighted by Gasteiger charge is -2.11. The van der Waals surface area contributed by atoms with E-state index in [1.807, 2.05) is 0 Å². The van der Waals surface area contributed by atoms with Crippen LogP contribution in [-0.4, -0.2) is 35.0 Å². The van der Waals surface area contributed by atoms with Crippen molar-refractivity contribution in [2.75, 3.05) is 0 Å². The number of halogens is 3. The zero-order chi connectivity index (χ0) is 18.8. The highest BCUT2D eigenvalue weighted by atomic mass is 32.2. The van der Waals surface area contributed by atoms with E-state index in [-0.39, 0.29) is 5.75 Å². The van der Waals surface area contributed by atoms with Crippen molar-refractivity contribution in [1.82, 2.24) is 20.2 Å². The van der Waals surface area contributed by atoms with Gasteiger partial charge in [0.1, 0.15) is 22.7 Å².